The molecule has 0 fully saturated rings. The lowest BCUT2D eigenvalue weighted by Crippen LogP contribution is -2.24. The predicted molar refractivity (Wildman–Crippen MR) is 42.6 cm³/mol. The minimum absolute atomic E-state index is 0.150. The quantitative estimate of drug-likeness (QED) is 0.430. The van der Waals surface area contributed by atoms with Crippen LogP contribution in [0.4, 0.5) is 0 Å². The molecule has 0 saturated heterocycles. The average molecular weight is 160 g/mol. The number of hydrogen-bond acceptors (Lipinski definition) is 3. The second-order valence-corrected chi connectivity index (χ2v) is 2.96. The van der Waals surface area contributed by atoms with Crippen molar-refractivity contribution in [3.8, 4) is 0 Å². The van der Waals surface area contributed by atoms with Crippen molar-refractivity contribution in [3.63, 3.8) is 0 Å². The van der Waals surface area contributed by atoms with Crippen LogP contribution in [0.15, 0.2) is 0 Å². The summed E-state index contributed by atoms with van der Waals surface area (Å²) in [6.45, 7) is 4.72. The van der Waals surface area contributed by atoms with Crippen molar-refractivity contribution in [2.45, 2.75) is 25.9 Å². The zero-order valence-corrected chi connectivity index (χ0v) is 7.42. The third kappa shape index (κ3) is 6.01. The van der Waals surface area contributed by atoms with Gasteiger partial charge in [0.25, 0.3) is 0 Å². The van der Waals surface area contributed by atoms with Gasteiger partial charge in [-0.05, 0) is 20.3 Å². The second kappa shape index (κ2) is 5.27. The van der Waals surface area contributed by atoms with Gasteiger partial charge in [-0.1, -0.05) is 0 Å². The topological polar surface area (TPSA) is 35.5 Å². The summed E-state index contributed by atoms with van der Waals surface area (Å²) in [7, 11) is 1.67. The number of carbonyl (C=O) groups is 1. The van der Waals surface area contributed by atoms with E-state index in [0.29, 0.717) is 6.61 Å². The van der Waals surface area contributed by atoms with Gasteiger partial charge < -0.3 is 14.3 Å². The number of ether oxygens (including phenoxy) is 2. The third-order valence-electron chi connectivity index (χ3n) is 1.59. The Morgan fingerprint density at radius 2 is 2.09 bits per heavy atom. The molecule has 3 nitrogen and oxygen atoms in total. The zero-order chi connectivity index (χ0) is 8.74. The standard InChI is InChI=1S/C8H16O3/c1-8(2,10-3)4-6-11-7-5-9/h5H,4,6-7H2,1-3H3. The Balaban J connectivity index is 3.29. The van der Waals surface area contributed by atoms with Crippen LogP contribution in [0, 0.1) is 0 Å². The molecule has 0 spiro atoms. The predicted octanol–water partition coefficient (Wildman–Crippen LogP) is 1.02. The van der Waals surface area contributed by atoms with Crippen LogP contribution in [0.2, 0.25) is 0 Å². The van der Waals surface area contributed by atoms with Crippen LogP contribution >= 0.6 is 0 Å². The van der Waals surface area contributed by atoms with Crippen LogP contribution in [0.5, 0.6) is 0 Å². The Bertz CT molecular complexity index is 110. The SMILES string of the molecule is COC(C)(C)CCOCC=O. The fourth-order valence-corrected chi connectivity index (χ4v) is 0.551. The molecule has 0 aliphatic carbocycles. The minimum Gasteiger partial charge on any atom is -0.379 e. The first-order chi connectivity index (χ1) is 5.12. The van der Waals surface area contributed by atoms with E-state index in [4.69, 9.17) is 9.47 Å². The van der Waals surface area contributed by atoms with Crippen LogP contribution in [0.25, 0.3) is 0 Å². The fraction of sp³-hybridized carbons (Fsp3) is 0.875. The van der Waals surface area contributed by atoms with Crippen molar-refractivity contribution < 1.29 is 14.3 Å². The maximum Gasteiger partial charge on any atom is 0.145 e. The molecule has 0 saturated carbocycles. The van der Waals surface area contributed by atoms with E-state index in [1.165, 1.54) is 0 Å². The highest BCUT2D eigenvalue weighted by Crippen LogP contribution is 2.11. The minimum atomic E-state index is -0.150. The van der Waals surface area contributed by atoms with Crippen molar-refractivity contribution in [2.24, 2.45) is 0 Å². The number of carbonyl (C=O) groups excluding carboxylic acids is 1. The fourth-order valence-electron chi connectivity index (χ4n) is 0.551. The maximum atomic E-state index is 9.84. The lowest BCUT2D eigenvalue weighted by atomic mass is 10.1. The van der Waals surface area contributed by atoms with Crippen LogP contribution in [-0.4, -0.2) is 32.2 Å². The normalized spacial score (nSPS) is 11.5. The van der Waals surface area contributed by atoms with Crippen molar-refractivity contribution >= 4 is 6.29 Å². The Kier molecular flexibility index (Phi) is 5.07. The van der Waals surface area contributed by atoms with Crippen LogP contribution in [0.3, 0.4) is 0 Å². The van der Waals surface area contributed by atoms with Crippen molar-refractivity contribution in [1.29, 1.82) is 0 Å². The molecule has 0 aromatic heterocycles. The molecular weight excluding hydrogens is 144 g/mol. The maximum absolute atomic E-state index is 9.84. The monoisotopic (exact) mass is 160 g/mol. The smallest absolute Gasteiger partial charge is 0.145 e. The zero-order valence-electron chi connectivity index (χ0n) is 7.42. The van der Waals surface area contributed by atoms with Crippen molar-refractivity contribution in [3.05, 3.63) is 0 Å². The van der Waals surface area contributed by atoms with E-state index in [1.54, 1.807) is 7.11 Å². The highest BCUT2D eigenvalue weighted by molar-refractivity contribution is 5.50. The Morgan fingerprint density at radius 3 is 2.55 bits per heavy atom. The van der Waals surface area contributed by atoms with E-state index in [1.807, 2.05) is 13.8 Å². The summed E-state index contributed by atoms with van der Waals surface area (Å²) in [6.07, 6.45) is 1.55. The number of hydrogen-bond donors (Lipinski definition) is 0. The third-order valence-corrected chi connectivity index (χ3v) is 1.59. The molecule has 0 aliphatic rings. The highest BCUT2D eigenvalue weighted by Gasteiger charge is 2.15. The molecule has 0 atom stereocenters. The Morgan fingerprint density at radius 1 is 1.45 bits per heavy atom. The van der Waals surface area contributed by atoms with E-state index in [2.05, 4.69) is 0 Å². The largest absolute Gasteiger partial charge is 0.379 e. The summed E-state index contributed by atoms with van der Waals surface area (Å²) in [5.74, 6) is 0. The van der Waals surface area contributed by atoms with Gasteiger partial charge in [0, 0.05) is 13.7 Å². The van der Waals surface area contributed by atoms with Crippen molar-refractivity contribution in [1.82, 2.24) is 0 Å². The lowest BCUT2D eigenvalue weighted by molar-refractivity contribution is -0.112. The molecule has 0 N–H and O–H groups in total. The average Bonchev–Trinajstić information content (AvgIpc) is 1.99. The van der Waals surface area contributed by atoms with Crippen LogP contribution in [-0.2, 0) is 14.3 Å². The Hall–Kier alpha value is -0.410. The van der Waals surface area contributed by atoms with E-state index in [0.717, 1.165) is 12.7 Å². The molecule has 0 amide bonds. The first-order valence-electron chi connectivity index (χ1n) is 3.69. The second-order valence-electron chi connectivity index (χ2n) is 2.96. The van der Waals surface area contributed by atoms with Crippen molar-refractivity contribution in [2.75, 3.05) is 20.3 Å². The van der Waals surface area contributed by atoms with Gasteiger partial charge in [-0.3, -0.25) is 0 Å². The van der Waals surface area contributed by atoms with Crippen LogP contribution in [0.1, 0.15) is 20.3 Å². The lowest BCUT2D eigenvalue weighted by Gasteiger charge is -2.22. The summed E-state index contributed by atoms with van der Waals surface area (Å²) >= 11 is 0. The van der Waals surface area contributed by atoms with Gasteiger partial charge in [-0.2, -0.15) is 0 Å². The molecule has 0 aliphatic heterocycles. The molecule has 66 valence electrons. The van der Waals surface area contributed by atoms with Crippen LogP contribution < -0.4 is 0 Å². The molecule has 0 heterocycles. The van der Waals surface area contributed by atoms with Gasteiger partial charge in [0.1, 0.15) is 12.9 Å². The van der Waals surface area contributed by atoms with E-state index >= 15 is 0 Å². The van der Waals surface area contributed by atoms with Gasteiger partial charge in [0.15, 0.2) is 0 Å². The molecule has 0 bridgehead atoms. The highest BCUT2D eigenvalue weighted by atomic mass is 16.5. The number of aldehydes is 1. The summed E-state index contributed by atoms with van der Waals surface area (Å²) in [4.78, 5) is 9.84. The first-order valence-corrected chi connectivity index (χ1v) is 3.69. The summed E-state index contributed by atoms with van der Waals surface area (Å²) in [5.41, 5.74) is -0.150. The van der Waals surface area contributed by atoms with E-state index in [-0.39, 0.29) is 12.2 Å². The number of methoxy groups -OCH3 is 1. The summed E-state index contributed by atoms with van der Waals surface area (Å²) in [5, 5.41) is 0. The van der Waals surface area contributed by atoms with Gasteiger partial charge in [0.05, 0.1) is 5.60 Å². The molecule has 0 radical (unpaired) electrons. The summed E-state index contributed by atoms with van der Waals surface area (Å²) < 4.78 is 10.1. The van der Waals surface area contributed by atoms with Gasteiger partial charge in [0.2, 0.25) is 0 Å². The molecule has 3 heteroatoms. The van der Waals surface area contributed by atoms with Gasteiger partial charge in [-0.25, -0.2) is 0 Å². The number of rotatable bonds is 6. The van der Waals surface area contributed by atoms with E-state index < -0.39 is 0 Å². The van der Waals surface area contributed by atoms with E-state index in [9.17, 15) is 4.79 Å². The first kappa shape index (κ1) is 10.6. The van der Waals surface area contributed by atoms with Gasteiger partial charge in [-0.15, -0.1) is 0 Å². The summed E-state index contributed by atoms with van der Waals surface area (Å²) in [6, 6.07) is 0. The van der Waals surface area contributed by atoms with Gasteiger partial charge >= 0.3 is 0 Å². The molecular formula is C8H16O3. The molecule has 0 rings (SSSR count). The molecule has 0 aromatic carbocycles. The molecule has 0 aromatic rings. The molecule has 11 heavy (non-hydrogen) atoms. The Labute approximate surface area is 67.7 Å². The molecule has 0 unspecified atom stereocenters.